The molecule has 0 spiro atoms. The summed E-state index contributed by atoms with van der Waals surface area (Å²) in [6.45, 7) is 4.69. The third-order valence-electron chi connectivity index (χ3n) is 3.35. The largest absolute Gasteiger partial charge is 0.386 e. The fraction of sp³-hybridized carbons (Fsp3) is 0.353. The van der Waals surface area contributed by atoms with Crippen molar-refractivity contribution in [3.8, 4) is 0 Å². The predicted octanol–water partition coefficient (Wildman–Crippen LogP) is 3.05. The van der Waals surface area contributed by atoms with Crippen LogP contribution in [-0.4, -0.2) is 35.3 Å². The predicted molar refractivity (Wildman–Crippen MR) is 110 cm³/mol. The second-order valence-electron chi connectivity index (χ2n) is 5.13. The number of aromatic nitrogens is 1. The van der Waals surface area contributed by atoms with Gasteiger partial charge < -0.3 is 20.3 Å². The van der Waals surface area contributed by atoms with E-state index in [0.29, 0.717) is 17.5 Å². The van der Waals surface area contributed by atoms with E-state index in [2.05, 4.69) is 20.2 Å². The van der Waals surface area contributed by atoms with Crippen LogP contribution in [0.15, 0.2) is 53.8 Å². The molecule has 0 aliphatic rings. The van der Waals surface area contributed by atoms with E-state index in [1.54, 1.807) is 12.1 Å². The van der Waals surface area contributed by atoms with Gasteiger partial charge in [0.15, 0.2) is 5.96 Å². The molecule has 0 saturated heterocycles. The number of nitrogens with zero attached hydrogens (tertiary/aromatic N) is 2. The lowest BCUT2D eigenvalue weighted by Crippen LogP contribution is -2.39. The highest BCUT2D eigenvalue weighted by molar-refractivity contribution is 14.0. The van der Waals surface area contributed by atoms with Gasteiger partial charge in [-0.3, -0.25) is 4.99 Å². The number of aliphatic hydroxyl groups excluding tert-OH is 1. The molecule has 0 radical (unpaired) electrons. The monoisotopic (exact) mass is 462 g/mol. The van der Waals surface area contributed by atoms with Crippen molar-refractivity contribution >= 4 is 41.5 Å². The van der Waals surface area contributed by atoms with Crippen LogP contribution in [-0.2, 0) is 6.54 Å². The molecule has 0 bridgehead atoms. The second kappa shape index (κ2) is 11.3. The highest BCUT2D eigenvalue weighted by Crippen LogP contribution is 2.16. The summed E-state index contributed by atoms with van der Waals surface area (Å²) in [4.78, 5) is 4.43. The molecule has 7 heteroatoms. The smallest absolute Gasteiger partial charge is 0.191 e. The molecular formula is C17H24ClIN4O. The summed E-state index contributed by atoms with van der Waals surface area (Å²) in [6, 6.07) is 11.2. The maximum Gasteiger partial charge on any atom is 0.191 e. The van der Waals surface area contributed by atoms with Gasteiger partial charge in [0.2, 0.25) is 0 Å². The zero-order valence-electron chi connectivity index (χ0n) is 13.7. The molecule has 0 aliphatic heterocycles. The third kappa shape index (κ3) is 7.11. The topological polar surface area (TPSA) is 61.6 Å². The lowest BCUT2D eigenvalue weighted by Gasteiger charge is -2.13. The molecule has 132 valence electrons. The van der Waals surface area contributed by atoms with Crippen LogP contribution in [0.25, 0.3) is 0 Å². The number of rotatable bonds is 7. The molecule has 1 atom stereocenters. The summed E-state index contributed by atoms with van der Waals surface area (Å²) in [5.74, 6) is 0.702. The van der Waals surface area contributed by atoms with Crippen molar-refractivity contribution in [2.75, 3.05) is 19.6 Å². The number of hydrogen-bond donors (Lipinski definition) is 3. The lowest BCUT2D eigenvalue weighted by molar-refractivity contribution is 0.187. The van der Waals surface area contributed by atoms with Gasteiger partial charge in [0.25, 0.3) is 0 Å². The number of aliphatic imine (C=N–C) groups is 1. The summed E-state index contributed by atoms with van der Waals surface area (Å²) in [7, 11) is 0. The van der Waals surface area contributed by atoms with Gasteiger partial charge in [-0.1, -0.05) is 23.7 Å². The van der Waals surface area contributed by atoms with Gasteiger partial charge in [-0.2, -0.15) is 0 Å². The first kappa shape index (κ1) is 20.8. The molecule has 1 heterocycles. The zero-order valence-corrected chi connectivity index (χ0v) is 16.7. The van der Waals surface area contributed by atoms with Crippen LogP contribution in [0.2, 0.25) is 5.02 Å². The molecule has 2 aromatic rings. The van der Waals surface area contributed by atoms with E-state index in [9.17, 15) is 5.11 Å². The minimum absolute atomic E-state index is 0. The van der Waals surface area contributed by atoms with Crippen LogP contribution in [0.1, 0.15) is 18.6 Å². The average molecular weight is 463 g/mol. The first-order valence-electron chi connectivity index (χ1n) is 7.75. The fourth-order valence-electron chi connectivity index (χ4n) is 2.13. The SMILES string of the molecule is CCNC(=NCC(O)c1ccc(Cl)cc1)NCCn1cccc1.I. The molecule has 24 heavy (non-hydrogen) atoms. The summed E-state index contributed by atoms with van der Waals surface area (Å²) in [5, 5.41) is 17.3. The number of benzene rings is 1. The Morgan fingerprint density at radius 3 is 2.50 bits per heavy atom. The van der Waals surface area contributed by atoms with Gasteiger partial charge in [0.05, 0.1) is 12.6 Å². The van der Waals surface area contributed by atoms with E-state index in [1.807, 2.05) is 43.6 Å². The van der Waals surface area contributed by atoms with Crippen LogP contribution in [0.4, 0.5) is 0 Å². The molecule has 0 saturated carbocycles. The van der Waals surface area contributed by atoms with Crippen LogP contribution in [0.3, 0.4) is 0 Å². The minimum Gasteiger partial charge on any atom is -0.386 e. The molecule has 2 rings (SSSR count). The summed E-state index contributed by atoms with van der Waals surface area (Å²) < 4.78 is 2.10. The normalized spacial score (nSPS) is 12.4. The third-order valence-corrected chi connectivity index (χ3v) is 3.60. The van der Waals surface area contributed by atoms with Crippen molar-refractivity contribution in [1.29, 1.82) is 0 Å². The molecule has 0 aliphatic carbocycles. The van der Waals surface area contributed by atoms with Crippen LogP contribution >= 0.6 is 35.6 Å². The lowest BCUT2D eigenvalue weighted by atomic mass is 10.1. The Morgan fingerprint density at radius 1 is 1.21 bits per heavy atom. The van der Waals surface area contributed by atoms with E-state index < -0.39 is 6.10 Å². The maximum atomic E-state index is 10.2. The number of halogens is 2. The van der Waals surface area contributed by atoms with Crippen LogP contribution < -0.4 is 10.6 Å². The minimum atomic E-state index is -0.646. The Kier molecular flexibility index (Phi) is 9.82. The standard InChI is InChI=1S/C17H23ClN4O.HI/c1-2-19-17(20-9-12-22-10-3-4-11-22)21-13-16(23)14-5-7-15(18)8-6-14;/h3-8,10-11,16,23H,2,9,12-13H2,1H3,(H2,19,20,21);1H. The summed E-state index contributed by atoms with van der Waals surface area (Å²) >= 11 is 5.85. The number of guanidine groups is 1. The molecule has 0 fully saturated rings. The highest BCUT2D eigenvalue weighted by Gasteiger charge is 2.07. The maximum absolute atomic E-state index is 10.2. The molecule has 5 nitrogen and oxygen atoms in total. The second-order valence-corrected chi connectivity index (χ2v) is 5.57. The molecule has 3 N–H and O–H groups in total. The van der Waals surface area contributed by atoms with E-state index in [-0.39, 0.29) is 24.0 Å². The highest BCUT2D eigenvalue weighted by atomic mass is 127. The van der Waals surface area contributed by atoms with Crippen molar-refractivity contribution in [2.45, 2.75) is 19.6 Å². The van der Waals surface area contributed by atoms with Crippen molar-refractivity contribution in [3.63, 3.8) is 0 Å². The molecule has 1 aromatic carbocycles. The zero-order chi connectivity index (χ0) is 16.5. The quantitative estimate of drug-likeness (QED) is 0.337. The average Bonchev–Trinajstić information content (AvgIpc) is 3.06. The Morgan fingerprint density at radius 2 is 1.88 bits per heavy atom. The van der Waals surface area contributed by atoms with Crippen molar-refractivity contribution < 1.29 is 5.11 Å². The van der Waals surface area contributed by atoms with Crippen molar-refractivity contribution in [2.24, 2.45) is 4.99 Å². The van der Waals surface area contributed by atoms with E-state index >= 15 is 0 Å². The van der Waals surface area contributed by atoms with Crippen LogP contribution in [0.5, 0.6) is 0 Å². The van der Waals surface area contributed by atoms with Gasteiger partial charge in [-0.05, 0) is 36.8 Å². The first-order valence-corrected chi connectivity index (χ1v) is 8.13. The molecule has 0 amide bonds. The van der Waals surface area contributed by atoms with Crippen molar-refractivity contribution in [1.82, 2.24) is 15.2 Å². The first-order chi connectivity index (χ1) is 11.2. The number of aliphatic hydroxyl groups is 1. The molecule has 1 unspecified atom stereocenters. The Bertz CT molecular complexity index is 602. The van der Waals surface area contributed by atoms with E-state index in [1.165, 1.54) is 0 Å². The van der Waals surface area contributed by atoms with Crippen LogP contribution in [0, 0.1) is 0 Å². The van der Waals surface area contributed by atoms with Gasteiger partial charge in [-0.15, -0.1) is 24.0 Å². The van der Waals surface area contributed by atoms with Gasteiger partial charge in [0.1, 0.15) is 0 Å². The fourth-order valence-corrected chi connectivity index (χ4v) is 2.26. The number of hydrogen-bond acceptors (Lipinski definition) is 2. The van der Waals surface area contributed by atoms with Gasteiger partial charge in [-0.25, -0.2) is 0 Å². The van der Waals surface area contributed by atoms with E-state index in [4.69, 9.17) is 11.6 Å². The Balaban J connectivity index is 0.00000288. The summed E-state index contributed by atoms with van der Waals surface area (Å²) in [6.07, 6.45) is 3.40. The Labute approximate surface area is 165 Å². The molecule has 1 aromatic heterocycles. The van der Waals surface area contributed by atoms with Gasteiger partial charge >= 0.3 is 0 Å². The van der Waals surface area contributed by atoms with Crippen molar-refractivity contribution in [3.05, 3.63) is 59.4 Å². The van der Waals surface area contributed by atoms with E-state index in [0.717, 1.165) is 25.2 Å². The summed E-state index contributed by atoms with van der Waals surface area (Å²) in [5.41, 5.74) is 0.807. The Hall–Kier alpha value is -1.25. The molecular weight excluding hydrogens is 439 g/mol. The van der Waals surface area contributed by atoms with Gasteiger partial charge in [0, 0.05) is 37.1 Å². The number of nitrogens with one attached hydrogen (secondary N) is 2.